The van der Waals surface area contributed by atoms with Crippen LogP contribution in [0.25, 0.3) is 0 Å². The third-order valence-electron chi connectivity index (χ3n) is 4.12. The standard InChI is InChI=1S/C21H27BrCl2N2O2/c1-4-27-20-11-15(13-25-9-6-10-26(2)3)17(22)12-21(20)28-14-16-18(23)7-5-8-19(16)24/h5,7-8,11-12,25H,4,6,9-10,13-14H2,1-3H3. The molecule has 0 aliphatic heterocycles. The molecule has 0 saturated carbocycles. The van der Waals surface area contributed by atoms with Crippen molar-refractivity contribution in [3.63, 3.8) is 0 Å². The topological polar surface area (TPSA) is 33.7 Å². The predicted octanol–water partition coefficient (Wildman–Crippen LogP) is 5.77. The molecule has 7 heteroatoms. The highest BCUT2D eigenvalue weighted by atomic mass is 79.9. The highest BCUT2D eigenvalue weighted by Gasteiger charge is 2.13. The number of hydrogen-bond acceptors (Lipinski definition) is 4. The van der Waals surface area contributed by atoms with Crippen LogP contribution in [0.2, 0.25) is 10.0 Å². The van der Waals surface area contributed by atoms with Gasteiger partial charge >= 0.3 is 0 Å². The minimum absolute atomic E-state index is 0.271. The smallest absolute Gasteiger partial charge is 0.162 e. The van der Waals surface area contributed by atoms with Crippen molar-refractivity contribution in [2.24, 2.45) is 0 Å². The largest absolute Gasteiger partial charge is 0.490 e. The van der Waals surface area contributed by atoms with E-state index in [9.17, 15) is 0 Å². The molecule has 1 N–H and O–H groups in total. The summed E-state index contributed by atoms with van der Waals surface area (Å²) in [5.74, 6) is 1.36. The first-order valence-electron chi connectivity index (χ1n) is 9.28. The molecule has 154 valence electrons. The number of nitrogens with one attached hydrogen (secondary N) is 1. The number of nitrogens with zero attached hydrogens (tertiary/aromatic N) is 1. The van der Waals surface area contributed by atoms with Crippen LogP contribution in [0, 0.1) is 0 Å². The van der Waals surface area contributed by atoms with E-state index in [1.165, 1.54) is 0 Å². The van der Waals surface area contributed by atoms with Gasteiger partial charge in [0.25, 0.3) is 0 Å². The van der Waals surface area contributed by atoms with Crippen molar-refractivity contribution in [2.75, 3.05) is 33.8 Å². The highest BCUT2D eigenvalue weighted by molar-refractivity contribution is 9.10. The van der Waals surface area contributed by atoms with Crippen LogP contribution in [0.15, 0.2) is 34.8 Å². The number of rotatable bonds is 11. The zero-order valence-electron chi connectivity index (χ0n) is 16.5. The average Bonchev–Trinajstić information content (AvgIpc) is 2.63. The Balaban J connectivity index is 2.07. The van der Waals surface area contributed by atoms with Gasteiger partial charge in [-0.1, -0.05) is 45.2 Å². The van der Waals surface area contributed by atoms with Crippen molar-refractivity contribution < 1.29 is 9.47 Å². The van der Waals surface area contributed by atoms with E-state index >= 15 is 0 Å². The molecule has 0 heterocycles. The van der Waals surface area contributed by atoms with Crippen molar-refractivity contribution in [3.05, 3.63) is 56.0 Å². The van der Waals surface area contributed by atoms with Crippen LogP contribution in [0.3, 0.4) is 0 Å². The Morgan fingerprint density at radius 1 is 1.07 bits per heavy atom. The van der Waals surface area contributed by atoms with Gasteiger partial charge in [0, 0.05) is 26.6 Å². The van der Waals surface area contributed by atoms with Crippen molar-refractivity contribution in [1.29, 1.82) is 0 Å². The first-order chi connectivity index (χ1) is 13.4. The zero-order valence-corrected chi connectivity index (χ0v) is 19.6. The van der Waals surface area contributed by atoms with Gasteiger partial charge in [0.05, 0.1) is 6.61 Å². The van der Waals surface area contributed by atoms with Gasteiger partial charge in [-0.3, -0.25) is 0 Å². The van der Waals surface area contributed by atoms with Crippen LogP contribution >= 0.6 is 39.1 Å². The summed E-state index contributed by atoms with van der Waals surface area (Å²) in [4.78, 5) is 2.18. The average molecular weight is 490 g/mol. The summed E-state index contributed by atoms with van der Waals surface area (Å²) in [6.07, 6.45) is 1.10. The van der Waals surface area contributed by atoms with E-state index in [0.717, 1.165) is 41.7 Å². The van der Waals surface area contributed by atoms with Gasteiger partial charge in [-0.15, -0.1) is 0 Å². The predicted molar refractivity (Wildman–Crippen MR) is 121 cm³/mol. The van der Waals surface area contributed by atoms with Gasteiger partial charge < -0.3 is 19.7 Å². The molecule has 0 aromatic heterocycles. The summed E-state index contributed by atoms with van der Waals surface area (Å²) in [5.41, 5.74) is 1.88. The van der Waals surface area contributed by atoms with E-state index < -0.39 is 0 Å². The Hall–Kier alpha value is -0.980. The van der Waals surface area contributed by atoms with E-state index in [1.807, 2.05) is 25.1 Å². The molecule has 28 heavy (non-hydrogen) atoms. The first-order valence-corrected chi connectivity index (χ1v) is 10.8. The van der Waals surface area contributed by atoms with Crippen molar-refractivity contribution in [2.45, 2.75) is 26.5 Å². The molecular formula is C21H27BrCl2N2O2. The fourth-order valence-electron chi connectivity index (χ4n) is 2.66. The Bertz CT molecular complexity index is 752. The van der Waals surface area contributed by atoms with E-state index in [2.05, 4.69) is 40.2 Å². The Morgan fingerprint density at radius 3 is 2.39 bits per heavy atom. The van der Waals surface area contributed by atoms with Crippen molar-refractivity contribution in [1.82, 2.24) is 10.2 Å². The highest BCUT2D eigenvalue weighted by Crippen LogP contribution is 2.35. The van der Waals surface area contributed by atoms with E-state index in [-0.39, 0.29) is 6.61 Å². The molecule has 0 spiro atoms. The molecule has 2 rings (SSSR count). The Kier molecular flexibility index (Phi) is 9.89. The fourth-order valence-corrected chi connectivity index (χ4v) is 3.63. The molecule has 2 aromatic rings. The lowest BCUT2D eigenvalue weighted by molar-refractivity contribution is 0.269. The third-order valence-corrected chi connectivity index (χ3v) is 5.57. The second-order valence-corrected chi connectivity index (χ2v) is 8.31. The van der Waals surface area contributed by atoms with Crippen molar-refractivity contribution >= 4 is 39.1 Å². The third kappa shape index (κ3) is 7.12. The molecule has 0 aliphatic carbocycles. The fraction of sp³-hybridized carbons (Fsp3) is 0.429. The quantitative estimate of drug-likeness (QED) is 0.406. The van der Waals surface area contributed by atoms with Crippen molar-refractivity contribution in [3.8, 4) is 11.5 Å². The molecule has 0 atom stereocenters. The molecule has 0 bridgehead atoms. The summed E-state index contributed by atoms with van der Waals surface area (Å²) < 4.78 is 12.8. The van der Waals surface area contributed by atoms with Crippen LogP contribution < -0.4 is 14.8 Å². The van der Waals surface area contributed by atoms with Crippen LogP contribution in [0.4, 0.5) is 0 Å². The lowest BCUT2D eigenvalue weighted by atomic mass is 10.2. The molecule has 2 aromatic carbocycles. The molecule has 0 aliphatic rings. The van der Waals surface area contributed by atoms with Gasteiger partial charge in [-0.25, -0.2) is 0 Å². The minimum atomic E-state index is 0.271. The first kappa shape index (κ1) is 23.3. The second-order valence-electron chi connectivity index (χ2n) is 6.65. The maximum Gasteiger partial charge on any atom is 0.162 e. The van der Waals surface area contributed by atoms with E-state index in [0.29, 0.717) is 28.2 Å². The van der Waals surface area contributed by atoms with E-state index in [4.69, 9.17) is 32.7 Å². The van der Waals surface area contributed by atoms with Gasteiger partial charge in [0.1, 0.15) is 6.61 Å². The Labute approximate surface area is 186 Å². The maximum absolute atomic E-state index is 6.24. The lowest BCUT2D eigenvalue weighted by Gasteiger charge is -2.16. The number of hydrogen-bond donors (Lipinski definition) is 1. The molecule has 0 amide bonds. The molecule has 0 unspecified atom stereocenters. The molecule has 0 saturated heterocycles. The zero-order chi connectivity index (χ0) is 20.5. The molecule has 0 fully saturated rings. The van der Waals surface area contributed by atoms with Crippen LogP contribution in [0.1, 0.15) is 24.5 Å². The summed E-state index contributed by atoms with van der Waals surface area (Å²) in [6, 6.07) is 9.37. The van der Waals surface area contributed by atoms with Crippen LogP contribution in [0.5, 0.6) is 11.5 Å². The summed E-state index contributed by atoms with van der Waals surface area (Å²) in [5, 5.41) is 4.64. The molecule has 0 radical (unpaired) electrons. The molecular weight excluding hydrogens is 463 g/mol. The Morgan fingerprint density at radius 2 is 1.75 bits per heavy atom. The minimum Gasteiger partial charge on any atom is -0.490 e. The summed E-state index contributed by atoms with van der Waals surface area (Å²) in [6.45, 7) is 5.56. The summed E-state index contributed by atoms with van der Waals surface area (Å²) in [7, 11) is 4.17. The summed E-state index contributed by atoms with van der Waals surface area (Å²) >= 11 is 16.1. The molecule has 4 nitrogen and oxygen atoms in total. The normalized spacial score (nSPS) is 11.1. The monoisotopic (exact) mass is 488 g/mol. The van der Waals surface area contributed by atoms with Crippen LogP contribution in [-0.2, 0) is 13.2 Å². The lowest BCUT2D eigenvalue weighted by Crippen LogP contribution is -2.21. The van der Waals surface area contributed by atoms with Gasteiger partial charge in [0.15, 0.2) is 11.5 Å². The SMILES string of the molecule is CCOc1cc(CNCCCN(C)C)c(Br)cc1OCc1c(Cl)cccc1Cl. The van der Waals surface area contributed by atoms with E-state index in [1.54, 1.807) is 12.1 Å². The maximum atomic E-state index is 6.24. The van der Waals surface area contributed by atoms with Gasteiger partial charge in [-0.05, 0) is 70.4 Å². The number of ether oxygens (including phenoxy) is 2. The van der Waals surface area contributed by atoms with Crippen LogP contribution in [-0.4, -0.2) is 38.7 Å². The van der Waals surface area contributed by atoms with Gasteiger partial charge in [-0.2, -0.15) is 0 Å². The number of benzene rings is 2. The number of halogens is 3. The van der Waals surface area contributed by atoms with Gasteiger partial charge in [0.2, 0.25) is 0 Å². The second kappa shape index (κ2) is 11.9.